The average Bonchev–Trinajstić information content (AvgIpc) is 2.45. The minimum atomic E-state index is -5.66. The molecule has 0 spiro atoms. The van der Waals surface area contributed by atoms with E-state index in [1.54, 1.807) is 0 Å². The van der Waals surface area contributed by atoms with Gasteiger partial charge in [0, 0.05) is 0 Å². The van der Waals surface area contributed by atoms with Gasteiger partial charge in [-0.25, -0.2) is 17.6 Å². The SMILES string of the molecule is CCn1cc[n+](C)c1.O=S(=O)([O-])OC(F)(F)F. The molecule has 1 rings (SSSR count). The first-order valence-electron chi connectivity index (χ1n) is 4.27. The van der Waals surface area contributed by atoms with Crippen molar-refractivity contribution in [2.75, 3.05) is 0 Å². The molecule has 0 saturated carbocycles. The van der Waals surface area contributed by atoms with Crippen molar-refractivity contribution in [3.05, 3.63) is 18.7 Å². The molecule has 0 unspecified atom stereocenters. The van der Waals surface area contributed by atoms with E-state index in [2.05, 4.69) is 24.0 Å². The molecule has 1 heterocycles. The van der Waals surface area contributed by atoms with Gasteiger partial charge in [-0.05, 0) is 6.92 Å². The fourth-order valence-corrected chi connectivity index (χ4v) is 1.04. The van der Waals surface area contributed by atoms with Gasteiger partial charge in [0.25, 0.3) is 0 Å². The molecule has 6 nitrogen and oxygen atoms in total. The van der Waals surface area contributed by atoms with E-state index >= 15 is 0 Å². The van der Waals surface area contributed by atoms with Gasteiger partial charge < -0.3 is 4.55 Å². The number of aromatic nitrogens is 2. The zero-order chi connectivity index (χ0) is 13.7. The van der Waals surface area contributed by atoms with Crippen molar-refractivity contribution in [2.45, 2.75) is 19.8 Å². The Labute approximate surface area is 96.2 Å². The van der Waals surface area contributed by atoms with Crippen molar-refractivity contribution in [1.29, 1.82) is 0 Å². The lowest BCUT2D eigenvalue weighted by Gasteiger charge is -2.08. The van der Waals surface area contributed by atoms with Gasteiger partial charge in [0.05, 0.1) is 13.6 Å². The van der Waals surface area contributed by atoms with E-state index in [0.717, 1.165) is 6.54 Å². The van der Waals surface area contributed by atoms with Gasteiger partial charge in [-0.15, -0.1) is 13.2 Å². The highest BCUT2D eigenvalue weighted by atomic mass is 32.3. The van der Waals surface area contributed by atoms with Gasteiger partial charge in [-0.2, -0.15) is 4.18 Å². The molecule has 0 N–H and O–H groups in total. The Morgan fingerprint density at radius 2 is 2.00 bits per heavy atom. The molecule has 0 bridgehead atoms. The van der Waals surface area contributed by atoms with Crippen molar-refractivity contribution in [3.8, 4) is 0 Å². The number of aryl methyl sites for hydroxylation is 2. The van der Waals surface area contributed by atoms with Crippen LogP contribution in [0.15, 0.2) is 18.7 Å². The van der Waals surface area contributed by atoms with E-state index in [9.17, 15) is 13.2 Å². The summed E-state index contributed by atoms with van der Waals surface area (Å²) in [6.45, 7) is 3.18. The van der Waals surface area contributed by atoms with Crippen LogP contribution in [0.1, 0.15) is 6.92 Å². The van der Waals surface area contributed by atoms with Crippen LogP contribution >= 0.6 is 0 Å². The Morgan fingerprint density at radius 3 is 2.12 bits per heavy atom. The highest BCUT2D eigenvalue weighted by Gasteiger charge is 2.32. The van der Waals surface area contributed by atoms with Crippen molar-refractivity contribution in [3.63, 3.8) is 0 Å². The topological polar surface area (TPSA) is 75.2 Å². The standard InChI is InChI=1S/C6H11N2.CHF3O4S/c1-3-8-5-4-7(2)6-8;2-1(3,4)8-9(5,6)7/h4-6H,3H2,1-2H3;(H,5,6,7)/q+1;/p-1. The van der Waals surface area contributed by atoms with E-state index in [-0.39, 0.29) is 0 Å². The number of rotatable bonds is 2. The lowest BCUT2D eigenvalue weighted by Crippen LogP contribution is -2.23. The molecule has 0 atom stereocenters. The predicted octanol–water partition coefficient (Wildman–Crippen LogP) is 0.315. The van der Waals surface area contributed by atoms with Crippen LogP contribution in [0.2, 0.25) is 0 Å². The lowest BCUT2D eigenvalue weighted by molar-refractivity contribution is -0.671. The molecule has 0 aliphatic carbocycles. The summed E-state index contributed by atoms with van der Waals surface area (Å²) in [7, 11) is -3.64. The summed E-state index contributed by atoms with van der Waals surface area (Å²) < 4.78 is 65.9. The minimum absolute atomic E-state index is 1.06. The number of alkyl halides is 3. The summed E-state index contributed by atoms with van der Waals surface area (Å²) in [5.74, 6) is 0. The molecule has 100 valence electrons. The molecule has 17 heavy (non-hydrogen) atoms. The largest absolute Gasteiger partial charge is 0.725 e. The van der Waals surface area contributed by atoms with Crippen LogP contribution in [0.5, 0.6) is 0 Å². The molecule has 1 aromatic heterocycles. The van der Waals surface area contributed by atoms with E-state index in [0.29, 0.717) is 0 Å². The van der Waals surface area contributed by atoms with Crippen LogP contribution in [0, 0.1) is 0 Å². The van der Waals surface area contributed by atoms with Crippen molar-refractivity contribution in [2.24, 2.45) is 7.05 Å². The molecule has 1 aromatic rings. The lowest BCUT2D eigenvalue weighted by atomic mass is 10.7. The smallest absolute Gasteiger partial charge is 0.536 e. The average molecular weight is 276 g/mol. The van der Waals surface area contributed by atoms with Gasteiger partial charge in [0.15, 0.2) is 0 Å². The first-order valence-corrected chi connectivity index (χ1v) is 5.61. The molecule has 0 fully saturated rings. The van der Waals surface area contributed by atoms with Gasteiger partial charge in [-0.1, -0.05) is 0 Å². The van der Waals surface area contributed by atoms with Crippen molar-refractivity contribution in [1.82, 2.24) is 4.57 Å². The third-order valence-electron chi connectivity index (χ3n) is 1.39. The van der Waals surface area contributed by atoms with Gasteiger partial charge in [0.2, 0.25) is 16.7 Å². The molecule has 0 amide bonds. The quantitative estimate of drug-likeness (QED) is 0.443. The summed E-state index contributed by atoms with van der Waals surface area (Å²) in [6, 6.07) is 0. The van der Waals surface area contributed by atoms with Crippen LogP contribution in [0.3, 0.4) is 0 Å². The summed E-state index contributed by atoms with van der Waals surface area (Å²) in [5.41, 5.74) is 0. The van der Waals surface area contributed by atoms with Gasteiger partial charge in [0.1, 0.15) is 12.4 Å². The molecule has 10 heteroatoms. The molecule has 0 aliphatic rings. The summed E-state index contributed by atoms with van der Waals surface area (Å²) >= 11 is 0. The number of hydrogen-bond donors (Lipinski definition) is 0. The van der Waals surface area contributed by atoms with E-state index in [1.165, 1.54) is 0 Å². The third-order valence-corrected chi connectivity index (χ3v) is 1.78. The van der Waals surface area contributed by atoms with Crippen LogP contribution < -0.4 is 4.57 Å². The Bertz CT molecular complexity index is 440. The fourth-order valence-electron chi connectivity index (χ4n) is 0.805. The second kappa shape index (κ2) is 5.98. The summed E-state index contributed by atoms with van der Waals surface area (Å²) in [5, 5.41) is 0. The molecule has 0 aromatic carbocycles. The van der Waals surface area contributed by atoms with Gasteiger partial charge in [-0.3, -0.25) is 0 Å². The summed E-state index contributed by atoms with van der Waals surface area (Å²) in [4.78, 5) is 0. The highest BCUT2D eigenvalue weighted by molar-refractivity contribution is 7.80. The maximum absolute atomic E-state index is 10.8. The number of halogens is 3. The zero-order valence-corrected chi connectivity index (χ0v) is 9.83. The Morgan fingerprint density at radius 1 is 1.47 bits per heavy atom. The normalized spacial score (nSPS) is 11.9. The first-order chi connectivity index (χ1) is 7.53. The minimum Gasteiger partial charge on any atom is -0.725 e. The van der Waals surface area contributed by atoms with Crippen LogP contribution in [0.4, 0.5) is 13.2 Å². The molecule has 0 aliphatic heterocycles. The van der Waals surface area contributed by atoms with Crippen molar-refractivity contribution >= 4 is 10.4 Å². The number of imidazole rings is 1. The van der Waals surface area contributed by atoms with Crippen molar-refractivity contribution < 1.29 is 34.9 Å². The second-order valence-corrected chi connectivity index (χ2v) is 3.83. The maximum Gasteiger partial charge on any atom is 0.536 e. The van der Waals surface area contributed by atoms with Gasteiger partial charge >= 0.3 is 6.36 Å². The Kier molecular flexibility index (Phi) is 5.58. The number of hydrogen-bond acceptors (Lipinski definition) is 4. The monoisotopic (exact) mass is 276 g/mol. The summed E-state index contributed by atoms with van der Waals surface area (Å²) in [6.07, 6.45) is 0.726. The Hall–Kier alpha value is -1.13. The zero-order valence-electron chi connectivity index (χ0n) is 9.01. The maximum atomic E-state index is 10.8. The van der Waals surface area contributed by atoms with Crippen LogP contribution in [-0.4, -0.2) is 23.9 Å². The molecule has 0 saturated heterocycles. The highest BCUT2D eigenvalue weighted by Crippen LogP contribution is 2.17. The Balaban J connectivity index is 0.000000302. The predicted molar refractivity (Wildman–Crippen MR) is 48.1 cm³/mol. The number of nitrogens with zero attached hydrogens (tertiary/aromatic N) is 2. The molecular formula is C7H11F3N2O4S. The fraction of sp³-hybridized carbons (Fsp3) is 0.571. The second-order valence-electron chi connectivity index (χ2n) is 2.85. The van der Waals surface area contributed by atoms with E-state index in [4.69, 9.17) is 13.0 Å². The van der Waals surface area contributed by atoms with Crippen LogP contribution in [-0.2, 0) is 28.2 Å². The third kappa shape index (κ3) is 9.78. The molecule has 0 radical (unpaired) electrons. The first kappa shape index (κ1) is 15.9. The van der Waals surface area contributed by atoms with E-state index < -0.39 is 16.8 Å². The van der Waals surface area contributed by atoms with Crippen LogP contribution in [0.25, 0.3) is 0 Å². The molecular weight excluding hydrogens is 265 g/mol. The van der Waals surface area contributed by atoms with E-state index in [1.807, 2.05) is 22.0 Å².